The maximum absolute atomic E-state index is 12.7. The highest BCUT2D eigenvalue weighted by Crippen LogP contribution is 2.26. The number of hydrogen-bond acceptors (Lipinski definition) is 4. The van der Waals surface area contributed by atoms with Crippen LogP contribution >= 0.6 is 11.6 Å². The van der Waals surface area contributed by atoms with Crippen LogP contribution in [-0.4, -0.2) is 63.3 Å². The fourth-order valence-electron chi connectivity index (χ4n) is 3.17. The summed E-state index contributed by atoms with van der Waals surface area (Å²) in [5.41, 5.74) is 1.93. The Bertz CT molecular complexity index is 939. The Labute approximate surface area is 171 Å². The van der Waals surface area contributed by atoms with Crippen LogP contribution in [0.4, 0.5) is 5.69 Å². The van der Waals surface area contributed by atoms with Crippen molar-refractivity contribution in [3.8, 4) is 0 Å². The van der Waals surface area contributed by atoms with Crippen molar-refractivity contribution >= 4 is 33.2 Å². The molecule has 150 valence electrons. The number of amides is 1. The lowest BCUT2D eigenvalue weighted by molar-refractivity contribution is -0.131. The summed E-state index contributed by atoms with van der Waals surface area (Å²) in [4.78, 5) is 16.7. The number of likely N-dealkylation sites (N-methyl/N-ethyl adjacent to an activating group) is 1. The fourth-order valence-corrected chi connectivity index (χ4v) is 4.55. The Balaban J connectivity index is 1.59. The van der Waals surface area contributed by atoms with Gasteiger partial charge in [0.15, 0.2) is 0 Å². The van der Waals surface area contributed by atoms with Crippen LogP contribution in [0.25, 0.3) is 0 Å². The van der Waals surface area contributed by atoms with Gasteiger partial charge >= 0.3 is 0 Å². The molecule has 1 aliphatic rings. The summed E-state index contributed by atoms with van der Waals surface area (Å²) in [5, 5.41) is 0.686. The van der Waals surface area contributed by atoms with Crippen LogP contribution in [0.3, 0.4) is 0 Å². The lowest BCUT2D eigenvalue weighted by atomic mass is 10.2. The minimum atomic E-state index is -3.69. The first-order chi connectivity index (χ1) is 13.3. The van der Waals surface area contributed by atoms with E-state index in [4.69, 9.17) is 11.6 Å². The molecule has 6 nitrogen and oxygen atoms in total. The molecular weight excluding hydrogens is 398 g/mol. The first kappa shape index (κ1) is 20.6. The van der Waals surface area contributed by atoms with Crippen LogP contribution in [-0.2, 0) is 14.8 Å². The molecule has 2 aromatic carbocycles. The summed E-state index contributed by atoms with van der Waals surface area (Å²) in [6, 6.07) is 14.2. The molecule has 3 rings (SSSR count). The second-order valence-electron chi connectivity index (χ2n) is 6.89. The van der Waals surface area contributed by atoms with Crippen molar-refractivity contribution in [2.75, 3.05) is 44.7 Å². The molecular formula is C20H24ClN3O3S. The summed E-state index contributed by atoms with van der Waals surface area (Å²) in [5.74, 6) is -0.197. The normalized spacial score (nSPS) is 15.1. The van der Waals surface area contributed by atoms with Gasteiger partial charge in [-0.2, -0.15) is 4.31 Å². The number of carbonyl (C=O) groups excluding carboxylic acids is 1. The Morgan fingerprint density at radius 1 is 1.04 bits per heavy atom. The third kappa shape index (κ3) is 4.48. The molecule has 1 saturated heterocycles. The number of nitrogens with zero attached hydrogens (tertiary/aromatic N) is 3. The van der Waals surface area contributed by atoms with Crippen molar-refractivity contribution in [2.45, 2.75) is 11.8 Å². The van der Waals surface area contributed by atoms with Crippen molar-refractivity contribution in [1.82, 2.24) is 9.21 Å². The Morgan fingerprint density at radius 2 is 1.64 bits per heavy atom. The molecule has 0 atom stereocenters. The van der Waals surface area contributed by atoms with Gasteiger partial charge in [-0.3, -0.25) is 4.79 Å². The van der Waals surface area contributed by atoms with E-state index in [9.17, 15) is 13.2 Å². The third-order valence-electron chi connectivity index (χ3n) is 4.91. The van der Waals surface area contributed by atoms with Gasteiger partial charge in [0, 0.05) is 33.2 Å². The van der Waals surface area contributed by atoms with Crippen molar-refractivity contribution in [2.24, 2.45) is 0 Å². The van der Waals surface area contributed by atoms with Gasteiger partial charge in [-0.05, 0) is 31.2 Å². The Morgan fingerprint density at radius 3 is 2.25 bits per heavy atom. The molecule has 0 spiro atoms. The zero-order valence-corrected chi connectivity index (χ0v) is 17.6. The maximum Gasteiger partial charge on any atom is 0.243 e. The molecule has 0 aromatic heterocycles. The summed E-state index contributed by atoms with van der Waals surface area (Å²) in [6.45, 7) is 4.09. The molecule has 8 heteroatoms. The summed E-state index contributed by atoms with van der Waals surface area (Å²) in [6.07, 6.45) is 0. The van der Waals surface area contributed by atoms with Crippen LogP contribution < -0.4 is 4.90 Å². The van der Waals surface area contributed by atoms with E-state index in [0.29, 0.717) is 31.2 Å². The predicted molar refractivity (Wildman–Crippen MR) is 111 cm³/mol. The minimum absolute atomic E-state index is 0.178. The van der Waals surface area contributed by atoms with Gasteiger partial charge in [0.25, 0.3) is 0 Å². The number of anilines is 1. The highest BCUT2D eigenvalue weighted by atomic mass is 35.5. The van der Waals surface area contributed by atoms with Crippen molar-refractivity contribution in [3.63, 3.8) is 0 Å². The van der Waals surface area contributed by atoms with Gasteiger partial charge in [0.2, 0.25) is 15.9 Å². The van der Waals surface area contributed by atoms with Gasteiger partial charge < -0.3 is 9.80 Å². The van der Waals surface area contributed by atoms with Gasteiger partial charge in [-0.15, -0.1) is 0 Å². The Hall–Kier alpha value is -2.09. The summed E-state index contributed by atoms with van der Waals surface area (Å²) >= 11 is 6.25. The average molecular weight is 422 g/mol. The van der Waals surface area contributed by atoms with E-state index < -0.39 is 10.0 Å². The average Bonchev–Trinajstić information content (AvgIpc) is 2.69. The molecule has 1 heterocycles. The lowest BCUT2D eigenvalue weighted by Gasteiger charge is -2.37. The zero-order valence-electron chi connectivity index (χ0n) is 16.0. The second-order valence-corrected chi connectivity index (χ2v) is 9.35. The van der Waals surface area contributed by atoms with Gasteiger partial charge in [0.1, 0.15) is 0 Å². The van der Waals surface area contributed by atoms with Crippen molar-refractivity contribution in [3.05, 3.63) is 59.1 Å². The lowest BCUT2D eigenvalue weighted by Crippen LogP contribution is -2.51. The number of benzene rings is 2. The van der Waals surface area contributed by atoms with Crippen LogP contribution in [0.5, 0.6) is 0 Å². The largest absolute Gasteiger partial charge is 0.367 e. The molecule has 0 aliphatic carbocycles. The standard InChI is InChI=1S/C20H24ClN3O3S/c1-16-7-9-17(10-8-16)28(26,27)22(2)15-20(25)24-13-11-23(12-14-24)19-6-4-3-5-18(19)21/h3-10H,11-15H2,1-2H3. The third-order valence-corrected chi connectivity index (χ3v) is 7.05. The topological polar surface area (TPSA) is 60.9 Å². The van der Waals surface area contributed by atoms with Crippen molar-refractivity contribution in [1.29, 1.82) is 0 Å². The highest BCUT2D eigenvalue weighted by molar-refractivity contribution is 7.89. The molecule has 1 amide bonds. The van der Waals surface area contributed by atoms with Crippen LogP contribution in [0.1, 0.15) is 5.56 Å². The summed E-state index contributed by atoms with van der Waals surface area (Å²) < 4.78 is 26.4. The molecule has 0 radical (unpaired) electrons. The quantitative estimate of drug-likeness (QED) is 0.744. The van der Waals surface area contributed by atoms with E-state index in [-0.39, 0.29) is 17.3 Å². The summed E-state index contributed by atoms with van der Waals surface area (Å²) in [7, 11) is -2.25. The smallest absolute Gasteiger partial charge is 0.243 e. The van der Waals surface area contributed by atoms with E-state index >= 15 is 0 Å². The van der Waals surface area contributed by atoms with Gasteiger partial charge in [-0.1, -0.05) is 41.4 Å². The first-order valence-corrected chi connectivity index (χ1v) is 10.9. The van der Waals surface area contributed by atoms with E-state index in [2.05, 4.69) is 4.90 Å². The molecule has 2 aromatic rings. The minimum Gasteiger partial charge on any atom is -0.367 e. The molecule has 0 saturated carbocycles. The van der Waals surface area contributed by atoms with E-state index in [1.54, 1.807) is 29.2 Å². The SMILES string of the molecule is Cc1ccc(S(=O)(=O)N(C)CC(=O)N2CCN(c3ccccc3Cl)CC2)cc1. The monoisotopic (exact) mass is 421 g/mol. The molecule has 28 heavy (non-hydrogen) atoms. The molecule has 1 fully saturated rings. The zero-order chi connectivity index (χ0) is 20.3. The number of piperazine rings is 1. The van der Waals surface area contributed by atoms with Crippen molar-refractivity contribution < 1.29 is 13.2 Å². The molecule has 0 unspecified atom stereocenters. The fraction of sp³-hybridized carbons (Fsp3) is 0.350. The highest BCUT2D eigenvalue weighted by Gasteiger charge is 2.27. The Kier molecular flexibility index (Phi) is 6.27. The van der Waals surface area contributed by atoms with Crippen LogP contribution in [0, 0.1) is 6.92 Å². The van der Waals surface area contributed by atoms with E-state index in [1.807, 2.05) is 31.2 Å². The second kappa shape index (κ2) is 8.51. The van der Waals surface area contributed by atoms with E-state index in [1.165, 1.54) is 7.05 Å². The number of halogens is 1. The van der Waals surface area contributed by atoms with Crippen LogP contribution in [0.15, 0.2) is 53.4 Å². The maximum atomic E-state index is 12.7. The molecule has 1 aliphatic heterocycles. The molecule has 0 N–H and O–H groups in total. The number of hydrogen-bond donors (Lipinski definition) is 0. The number of rotatable bonds is 5. The number of para-hydroxylation sites is 1. The van der Waals surface area contributed by atoms with Crippen LogP contribution in [0.2, 0.25) is 5.02 Å². The number of carbonyl (C=O) groups is 1. The number of aryl methyl sites for hydroxylation is 1. The number of sulfonamides is 1. The van der Waals surface area contributed by atoms with Gasteiger partial charge in [-0.25, -0.2) is 8.42 Å². The predicted octanol–water partition coefficient (Wildman–Crippen LogP) is 2.62. The van der Waals surface area contributed by atoms with E-state index in [0.717, 1.165) is 15.6 Å². The first-order valence-electron chi connectivity index (χ1n) is 9.09. The molecule has 0 bridgehead atoms. The van der Waals surface area contributed by atoms with Gasteiger partial charge in [0.05, 0.1) is 22.2 Å².